The average Bonchev–Trinajstić information content (AvgIpc) is 3.25. The zero-order valence-electron chi connectivity index (χ0n) is 12.3. The summed E-state index contributed by atoms with van der Waals surface area (Å²) in [7, 11) is 0. The molecule has 0 aromatic carbocycles. The van der Waals surface area contributed by atoms with E-state index >= 15 is 0 Å². The maximum atomic E-state index is 12.6. The van der Waals surface area contributed by atoms with Crippen LogP contribution in [0.2, 0.25) is 0 Å². The van der Waals surface area contributed by atoms with Crippen LogP contribution in [-0.4, -0.2) is 60.1 Å². The Hall–Kier alpha value is -1.70. The molecule has 1 amide bonds. The van der Waals surface area contributed by atoms with Crippen molar-refractivity contribution in [2.75, 3.05) is 39.4 Å². The number of rotatable bonds is 6. The van der Waals surface area contributed by atoms with Gasteiger partial charge in [-0.3, -0.25) is 9.69 Å². The van der Waals surface area contributed by atoms with Crippen molar-refractivity contribution in [3.8, 4) is 0 Å². The number of aromatic nitrogens is 1. The highest BCUT2D eigenvalue weighted by atomic mass is 32.1. The van der Waals surface area contributed by atoms with Gasteiger partial charge in [0.1, 0.15) is 5.01 Å². The van der Waals surface area contributed by atoms with Crippen LogP contribution < -0.4 is 0 Å². The minimum Gasteiger partial charge on any atom is -0.459 e. The third-order valence-electron chi connectivity index (χ3n) is 3.62. The molecular weight excluding hydrogens is 302 g/mol. The number of ether oxygens (including phenoxy) is 1. The first-order valence-corrected chi connectivity index (χ1v) is 8.22. The molecule has 0 N–H and O–H groups in total. The molecule has 0 unspecified atom stereocenters. The summed E-state index contributed by atoms with van der Waals surface area (Å²) in [6, 6.07) is 3.43. The summed E-state index contributed by atoms with van der Waals surface area (Å²) >= 11 is 1.56. The molecule has 1 saturated heterocycles. The van der Waals surface area contributed by atoms with E-state index in [1.165, 1.54) is 6.26 Å². The Balaban J connectivity index is 1.64. The predicted molar refractivity (Wildman–Crippen MR) is 82.8 cm³/mol. The van der Waals surface area contributed by atoms with Crippen LogP contribution in [0.4, 0.5) is 0 Å². The second-order valence-corrected chi connectivity index (χ2v) is 6.06. The van der Waals surface area contributed by atoms with Crippen LogP contribution >= 0.6 is 11.3 Å². The Morgan fingerprint density at radius 3 is 2.95 bits per heavy atom. The highest BCUT2D eigenvalue weighted by Gasteiger charge is 2.21. The molecule has 0 atom stereocenters. The van der Waals surface area contributed by atoms with E-state index in [9.17, 15) is 4.79 Å². The van der Waals surface area contributed by atoms with Crippen molar-refractivity contribution in [2.45, 2.75) is 6.54 Å². The lowest BCUT2D eigenvalue weighted by Gasteiger charge is -2.29. The normalized spacial score (nSPS) is 15.8. The van der Waals surface area contributed by atoms with Crippen molar-refractivity contribution >= 4 is 17.2 Å². The molecular formula is C15H19N3O3S. The van der Waals surface area contributed by atoms with E-state index in [0.717, 1.165) is 37.9 Å². The molecule has 3 heterocycles. The number of carbonyl (C=O) groups excluding carboxylic acids is 1. The molecule has 0 spiro atoms. The van der Waals surface area contributed by atoms with E-state index in [1.54, 1.807) is 34.6 Å². The van der Waals surface area contributed by atoms with Crippen molar-refractivity contribution < 1.29 is 13.9 Å². The number of hydrogen-bond acceptors (Lipinski definition) is 6. The Kier molecular flexibility index (Phi) is 5.20. The Morgan fingerprint density at radius 1 is 1.41 bits per heavy atom. The van der Waals surface area contributed by atoms with Gasteiger partial charge in [0.25, 0.3) is 5.91 Å². The van der Waals surface area contributed by atoms with Crippen LogP contribution in [0.5, 0.6) is 0 Å². The molecule has 0 saturated carbocycles. The summed E-state index contributed by atoms with van der Waals surface area (Å²) in [5.74, 6) is 0.284. The summed E-state index contributed by atoms with van der Waals surface area (Å²) in [4.78, 5) is 21.0. The lowest BCUT2D eigenvalue weighted by atomic mass is 10.3. The molecule has 2 aromatic heterocycles. The predicted octanol–water partition coefficient (Wildman–Crippen LogP) is 1.71. The highest BCUT2D eigenvalue weighted by molar-refractivity contribution is 7.09. The van der Waals surface area contributed by atoms with Crippen LogP contribution in [0.25, 0.3) is 0 Å². The summed E-state index contributed by atoms with van der Waals surface area (Å²) < 4.78 is 10.6. The van der Waals surface area contributed by atoms with Gasteiger partial charge in [0.2, 0.25) is 0 Å². The van der Waals surface area contributed by atoms with E-state index in [0.29, 0.717) is 18.8 Å². The minimum absolute atomic E-state index is 0.0894. The van der Waals surface area contributed by atoms with E-state index in [-0.39, 0.29) is 5.91 Å². The fourth-order valence-electron chi connectivity index (χ4n) is 2.39. The zero-order valence-corrected chi connectivity index (χ0v) is 13.1. The van der Waals surface area contributed by atoms with E-state index in [1.807, 2.05) is 5.38 Å². The van der Waals surface area contributed by atoms with Gasteiger partial charge in [-0.2, -0.15) is 0 Å². The summed E-state index contributed by atoms with van der Waals surface area (Å²) in [5.41, 5.74) is 0. The van der Waals surface area contributed by atoms with Gasteiger partial charge in [0.05, 0.1) is 26.0 Å². The van der Waals surface area contributed by atoms with Gasteiger partial charge in [-0.1, -0.05) is 0 Å². The van der Waals surface area contributed by atoms with Crippen LogP contribution in [0.1, 0.15) is 15.6 Å². The van der Waals surface area contributed by atoms with Crippen molar-refractivity contribution in [3.05, 3.63) is 40.7 Å². The van der Waals surface area contributed by atoms with Gasteiger partial charge in [0.15, 0.2) is 5.76 Å². The third kappa shape index (κ3) is 3.94. The second-order valence-electron chi connectivity index (χ2n) is 5.08. The zero-order chi connectivity index (χ0) is 15.2. The number of nitrogens with zero attached hydrogens (tertiary/aromatic N) is 3. The fraction of sp³-hybridized carbons (Fsp3) is 0.467. The number of carbonyl (C=O) groups is 1. The van der Waals surface area contributed by atoms with Crippen molar-refractivity contribution in [1.82, 2.24) is 14.8 Å². The van der Waals surface area contributed by atoms with Crippen LogP contribution in [0.3, 0.4) is 0 Å². The molecule has 2 aromatic rings. The maximum Gasteiger partial charge on any atom is 0.289 e. The molecule has 7 heteroatoms. The van der Waals surface area contributed by atoms with Crippen LogP contribution in [0, 0.1) is 0 Å². The molecule has 0 radical (unpaired) electrons. The molecule has 6 nitrogen and oxygen atoms in total. The Morgan fingerprint density at radius 2 is 2.27 bits per heavy atom. The van der Waals surface area contributed by atoms with Crippen LogP contribution in [-0.2, 0) is 11.3 Å². The molecule has 22 heavy (non-hydrogen) atoms. The molecule has 118 valence electrons. The van der Waals surface area contributed by atoms with Gasteiger partial charge >= 0.3 is 0 Å². The van der Waals surface area contributed by atoms with Crippen molar-refractivity contribution in [3.63, 3.8) is 0 Å². The van der Waals surface area contributed by atoms with Gasteiger partial charge in [0, 0.05) is 37.8 Å². The molecule has 3 rings (SSSR count). The van der Waals surface area contributed by atoms with Gasteiger partial charge in [-0.15, -0.1) is 11.3 Å². The first kappa shape index (κ1) is 15.2. The Labute approximate surface area is 133 Å². The van der Waals surface area contributed by atoms with Crippen LogP contribution in [0.15, 0.2) is 34.4 Å². The molecule has 1 fully saturated rings. The van der Waals surface area contributed by atoms with Crippen molar-refractivity contribution in [2.24, 2.45) is 0 Å². The van der Waals surface area contributed by atoms with E-state index < -0.39 is 0 Å². The third-order valence-corrected chi connectivity index (χ3v) is 4.38. The monoisotopic (exact) mass is 321 g/mol. The summed E-state index contributed by atoms with van der Waals surface area (Å²) in [6.45, 7) is 5.36. The van der Waals surface area contributed by atoms with Crippen molar-refractivity contribution in [1.29, 1.82) is 0 Å². The Bertz CT molecular complexity index is 565. The quantitative estimate of drug-likeness (QED) is 0.811. The SMILES string of the molecule is O=C(c1ccco1)N(CCN1CCOCC1)Cc1nccs1. The lowest BCUT2D eigenvalue weighted by Crippen LogP contribution is -2.42. The fourth-order valence-corrected chi connectivity index (χ4v) is 3.02. The van der Waals surface area contributed by atoms with Gasteiger partial charge < -0.3 is 14.1 Å². The number of thiazole rings is 1. The molecule has 0 aliphatic carbocycles. The van der Waals surface area contributed by atoms with Gasteiger partial charge in [-0.05, 0) is 12.1 Å². The number of hydrogen-bond donors (Lipinski definition) is 0. The number of furan rings is 1. The molecule has 0 bridgehead atoms. The standard InChI is InChI=1S/C15H19N3O3S/c19-15(13-2-1-8-21-13)18(12-14-16-3-11-22-14)5-4-17-6-9-20-10-7-17/h1-3,8,11H,4-7,9-10,12H2. The second kappa shape index (κ2) is 7.53. The average molecular weight is 321 g/mol. The maximum absolute atomic E-state index is 12.6. The first-order chi connectivity index (χ1) is 10.8. The molecule has 1 aliphatic heterocycles. The van der Waals surface area contributed by atoms with Gasteiger partial charge in [-0.25, -0.2) is 4.98 Å². The first-order valence-electron chi connectivity index (χ1n) is 7.34. The minimum atomic E-state index is -0.0894. The molecule has 1 aliphatic rings. The van der Waals surface area contributed by atoms with E-state index in [2.05, 4.69) is 9.88 Å². The summed E-state index contributed by atoms with van der Waals surface area (Å²) in [5, 5.41) is 2.86. The number of amides is 1. The highest BCUT2D eigenvalue weighted by Crippen LogP contribution is 2.13. The largest absolute Gasteiger partial charge is 0.459 e. The smallest absolute Gasteiger partial charge is 0.289 e. The topological polar surface area (TPSA) is 58.8 Å². The number of morpholine rings is 1. The lowest BCUT2D eigenvalue weighted by molar-refractivity contribution is 0.0316. The van der Waals surface area contributed by atoms with E-state index in [4.69, 9.17) is 9.15 Å². The summed E-state index contributed by atoms with van der Waals surface area (Å²) in [6.07, 6.45) is 3.29.